The molecule has 0 spiro atoms. The van der Waals surface area contributed by atoms with E-state index in [9.17, 15) is 14.4 Å². The topological polar surface area (TPSA) is 78.9 Å². The molecule has 0 aliphatic carbocycles. The van der Waals surface area contributed by atoms with E-state index in [0.717, 1.165) is 180 Å². The third-order valence-electron chi connectivity index (χ3n) is 11.8. The van der Waals surface area contributed by atoms with Crippen molar-refractivity contribution < 1.29 is 28.6 Å². The van der Waals surface area contributed by atoms with Crippen LogP contribution in [0.15, 0.2) is 146 Å². The Morgan fingerprint density at radius 2 is 0.534 bits per heavy atom. The number of rotatable bonds is 51. The number of ether oxygens (including phenoxy) is 3. The Kier molecular flexibility index (Phi) is 56.0. The Morgan fingerprint density at radius 1 is 0.288 bits per heavy atom. The smallest absolute Gasteiger partial charge is 0.306 e. The number of carbonyl (C=O) groups excluding carboxylic acids is 3. The van der Waals surface area contributed by atoms with Gasteiger partial charge in [-0.15, -0.1) is 0 Å². The molecule has 0 aromatic heterocycles. The van der Waals surface area contributed by atoms with Crippen molar-refractivity contribution in [2.75, 3.05) is 13.2 Å². The summed E-state index contributed by atoms with van der Waals surface area (Å²) in [4.78, 5) is 38.2. The molecule has 73 heavy (non-hydrogen) atoms. The fourth-order valence-electron chi connectivity index (χ4n) is 7.47. The summed E-state index contributed by atoms with van der Waals surface area (Å²) < 4.78 is 16.8. The summed E-state index contributed by atoms with van der Waals surface area (Å²) >= 11 is 0. The van der Waals surface area contributed by atoms with Crippen molar-refractivity contribution in [2.24, 2.45) is 0 Å². The molecule has 0 aliphatic heterocycles. The maximum atomic E-state index is 12.9. The van der Waals surface area contributed by atoms with Crippen molar-refractivity contribution in [3.8, 4) is 0 Å². The minimum absolute atomic E-state index is 0.106. The van der Waals surface area contributed by atoms with Gasteiger partial charge in [0.05, 0.1) is 0 Å². The van der Waals surface area contributed by atoms with Gasteiger partial charge in [0.25, 0.3) is 0 Å². The number of esters is 3. The zero-order valence-electron chi connectivity index (χ0n) is 46.8. The molecule has 0 aromatic rings. The molecule has 0 rings (SSSR count). The molecule has 0 saturated carbocycles. The van der Waals surface area contributed by atoms with Gasteiger partial charge in [0.15, 0.2) is 6.10 Å². The van der Waals surface area contributed by atoms with Crippen LogP contribution in [0.4, 0.5) is 0 Å². The minimum Gasteiger partial charge on any atom is -0.462 e. The molecule has 0 saturated heterocycles. The molecule has 0 aliphatic rings. The standard InChI is InChI=1S/C67H106O6/c1-4-7-10-13-16-19-22-25-27-29-30-31-32-33-34-35-36-38-39-42-45-48-51-54-57-60-66(69)72-63-64(62-71-65(68)59-56-53-50-47-44-41-24-21-18-15-12-9-6-3)73-67(70)61-58-55-52-49-46-43-40-37-28-26-23-20-17-14-11-8-5-2/h7-8,10-12,15-17,19-21,24-28,30-31,33-34,36,38,40,43,64H,4-6,9,13-14,18,22-23,29,32,35,37,39,41-42,44-63H2,1-3H3/b10-7-,11-8-,15-12-,19-16-,20-17-,24-21-,27-25-,28-26-,31-30-,34-33-,38-36-,43-40-. The quantitative estimate of drug-likeness (QED) is 0.0261. The zero-order chi connectivity index (χ0) is 52.9. The first kappa shape index (κ1) is 68.3. The first-order chi connectivity index (χ1) is 36.0. The lowest BCUT2D eigenvalue weighted by molar-refractivity contribution is -0.167. The Morgan fingerprint density at radius 3 is 0.836 bits per heavy atom. The van der Waals surface area contributed by atoms with Crippen LogP contribution < -0.4 is 0 Å². The molecule has 410 valence electrons. The monoisotopic (exact) mass is 1010 g/mol. The van der Waals surface area contributed by atoms with Gasteiger partial charge in [-0.05, 0) is 135 Å². The van der Waals surface area contributed by atoms with Crippen LogP contribution in [0.25, 0.3) is 0 Å². The van der Waals surface area contributed by atoms with E-state index >= 15 is 0 Å². The number of unbranched alkanes of at least 4 members (excludes halogenated alkanes) is 16. The van der Waals surface area contributed by atoms with E-state index in [0.29, 0.717) is 12.8 Å². The molecule has 1 unspecified atom stereocenters. The van der Waals surface area contributed by atoms with Crippen molar-refractivity contribution in [1.82, 2.24) is 0 Å². The highest BCUT2D eigenvalue weighted by Gasteiger charge is 2.19. The number of carbonyl (C=O) groups is 3. The van der Waals surface area contributed by atoms with Crippen molar-refractivity contribution in [3.63, 3.8) is 0 Å². The summed E-state index contributed by atoms with van der Waals surface area (Å²) in [6, 6.07) is 0. The first-order valence-corrected chi connectivity index (χ1v) is 29.3. The lowest BCUT2D eigenvalue weighted by Crippen LogP contribution is -2.30. The molecule has 0 bridgehead atoms. The lowest BCUT2D eigenvalue weighted by atomic mass is 10.1. The van der Waals surface area contributed by atoms with Crippen LogP contribution in [0.5, 0.6) is 0 Å². The molecule has 6 nitrogen and oxygen atoms in total. The fourth-order valence-corrected chi connectivity index (χ4v) is 7.47. The fraction of sp³-hybridized carbons (Fsp3) is 0.597. The van der Waals surface area contributed by atoms with E-state index in [1.54, 1.807) is 0 Å². The second-order valence-corrected chi connectivity index (χ2v) is 18.8. The Hall–Kier alpha value is -4.71. The highest BCUT2D eigenvalue weighted by Crippen LogP contribution is 2.13. The maximum Gasteiger partial charge on any atom is 0.306 e. The summed E-state index contributed by atoms with van der Waals surface area (Å²) in [6.45, 7) is 6.29. The summed E-state index contributed by atoms with van der Waals surface area (Å²) in [7, 11) is 0. The molecule has 0 heterocycles. The predicted octanol–water partition coefficient (Wildman–Crippen LogP) is 20.0. The van der Waals surface area contributed by atoms with Crippen molar-refractivity contribution in [3.05, 3.63) is 146 Å². The normalized spacial score (nSPS) is 13.2. The Bertz CT molecular complexity index is 1630. The highest BCUT2D eigenvalue weighted by molar-refractivity contribution is 5.71. The summed E-state index contributed by atoms with van der Waals surface area (Å²) in [5.41, 5.74) is 0. The maximum absolute atomic E-state index is 12.9. The minimum atomic E-state index is -0.810. The molecule has 0 radical (unpaired) electrons. The zero-order valence-corrected chi connectivity index (χ0v) is 46.8. The molecule has 0 aromatic carbocycles. The first-order valence-electron chi connectivity index (χ1n) is 29.3. The van der Waals surface area contributed by atoms with Gasteiger partial charge in [0.1, 0.15) is 13.2 Å². The number of allylic oxidation sites excluding steroid dienone is 24. The molecular weight excluding hydrogens is 901 g/mol. The second-order valence-electron chi connectivity index (χ2n) is 18.8. The van der Waals surface area contributed by atoms with Crippen molar-refractivity contribution in [2.45, 2.75) is 245 Å². The molecule has 0 amide bonds. The van der Waals surface area contributed by atoms with E-state index in [4.69, 9.17) is 14.2 Å². The summed E-state index contributed by atoms with van der Waals surface area (Å²) in [5, 5.41) is 0. The second kappa shape index (κ2) is 59.8. The largest absolute Gasteiger partial charge is 0.462 e. The number of hydrogen-bond acceptors (Lipinski definition) is 6. The molecular formula is C67H106O6. The Labute approximate surface area is 448 Å². The summed E-state index contributed by atoms with van der Waals surface area (Å²) in [6.07, 6.45) is 85.5. The van der Waals surface area contributed by atoms with E-state index < -0.39 is 6.10 Å². The summed E-state index contributed by atoms with van der Waals surface area (Å²) in [5.74, 6) is -0.964. The predicted molar refractivity (Wildman–Crippen MR) is 315 cm³/mol. The van der Waals surface area contributed by atoms with Crippen LogP contribution >= 0.6 is 0 Å². The van der Waals surface area contributed by atoms with Crippen LogP contribution in [0.2, 0.25) is 0 Å². The SMILES string of the molecule is CC/C=C\C/C=C\C/C=C\C/C=C\C/C=C\C/C=C\CCCCCCCCC(=O)OCC(COC(=O)CCCCCCC/C=C\C/C=C\CCC)OC(=O)CCCCCC/C=C\C/C=C\C/C=C\C/C=C\CC. The van der Waals surface area contributed by atoms with Crippen LogP contribution in [0.1, 0.15) is 239 Å². The van der Waals surface area contributed by atoms with E-state index in [1.807, 2.05) is 0 Å². The van der Waals surface area contributed by atoms with E-state index in [2.05, 4.69) is 167 Å². The third-order valence-corrected chi connectivity index (χ3v) is 11.8. The van der Waals surface area contributed by atoms with Gasteiger partial charge < -0.3 is 14.2 Å². The highest BCUT2D eigenvalue weighted by atomic mass is 16.6. The van der Waals surface area contributed by atoms with Gasteiger partial charge in [-0.3, -0.25) is 14.4 Å². The van der Waals surface area contributed by atoms with Crippen molar-refractivity contribution in [1.29, 1.82) is 0 Å². The molecule has 0 fully saturated rings. The van der Waals surface area contributed by atoms with Gasteiger partial charge in [0.2, 0.25) is 0 Å². The van der Waals surface area contributed by atoms with Gasteiger partial charge in [-0.25, -0.2) is 0 Å². The molecule has 1 atom stereocenters. The lowest BCUT2D eigenvalue weighted by Gasteiger charge is -2.18. The third kappa shape index (κ3) is 58.1. The van der Waals surface area contributed by atoms with E-state index in [1.165, 1.54) is 19.3 Å². The van der Waals surface area contributed by atoms with Gasteiger partial charge in [-0.2, -0.15) is 0 Å². The average Bonchev–Trinajstić information content (AvgIpc) is 3.39. The average molecular weight is 1010 g/mol. The Balaban J connectivity index is 4.45. The molecule has 6 heteroatoms. The van der Waals surface area contributed by atoms with Gasteiger partial charge in [0, 0.05) is 19.3 Å². The van der Waals surface area contributed by atoms with Gasteiger partial charge >= 0.3 is 17.9 Å². The van der Waals surface area contributed by atoms with E-state index in [-0.39, 0.29) is 37.5 Å². The molecule has 0 N–H and O–H groups in total. The van der Waals surface area contributed by atoms with Crippen LogP contribution in [-0.4, -0.2) is 37.2 Å². The van der Waals surface area contributed by atoms with Crippen molar-refractivity contribution >= 4 is 17.9 Å². The van der Waals surface area contributed by atoms with Gasteiger partial charge in [-0.1, -0.05) is 231 Å². The number of hydrogen-bond donors (Lipinski definition) is 0. The van der Waals surface area contributed by atoms with Crippen LogP contribution in [0, 0.1) is 0 Å². The van der Waals surface area contributed by atoms with Crippen LogP contribution in [0.3, 0.4) is 0 Å². The van der Waals surface area contributed by atoms with Crippen LogP contribution in [-0.2, 0) is 28.6 Å².